The molecule has 7 heteroatoms. The van der Waals surface area contributed by atoms with Crippen LogP contribution in [-0.2, 0) is 4.79 Å². The average molecular weight is 396 g/mol. The van der Waals surface area contributed by atoms with E-state index in [2.05, 4.69) is 5.32 Å². The SMILES string of the molecule is CCCOc1ccc([C@@H](CC(=O)O)NC(=O)c2cc(Cl)ccc2Cl)cc1. The van der Waals surface area contributed by atoms with Gasteiger partial charge < -0.3 is 15.2 Å². The molecule has 0 radical (unpaired) electrons. The van der Waals surface area contributed by atoms with Gasteiger partial charge in [-0.25, -0.2) is 0 Å². The molecule has 0 saturated heterocycles. The zero-order valence-electron chi connectivity index (χ0n) is 14.2. The van der Waals surface area contributed by atoms with Gasteiger partial charge in [0.1, 0.15) is 5.75 Å². The molecule has 0 aliphatic carbocycles. The number of carbonyl (C=O) groups is 2. The molecule has 2 aromatic rings. The van der Waals surface area contributed by atoms with Crippen molar-refractivity contribution in [1.29, 1.82) is 0 Å². The van der Waals surface area contributed by atoms with Gasteiger partial charge in [-0.2, -0.15) is 0 Å². The van der Waals surface area contributed by atoms with E-state index < -0.39 is 17.9 Å². The van der Waals surface area contributed by atoms with Crippen molar-refractivity contribution in [2.75, 3.05) is 6.61 Å². The number of hydrogen-bond donors (Lipinski definition) is 2. The lowest BCUT2D eigenvalue weighted by Crippen LogP contribution is -2.30. The number of aliphatic carboxylic acids is 1. The molecule has 0 aromatic heterocycles. The molecule has 0 heterocycles. The van der Waals surface area contributed by atoms with Gasteiger partial charge in [-0.05, 0) is 42.3 Å². The van der Waals surface area contributed by atoms with Crippen molar-refractivity contribution in [2.45, 2.75) is 25.8 Å². The van der Waals surface area contributed by atoms with Crippen LogP contribution in [0.3, 0.4) is 0 Å². The Morgan fingerprint density at radius 2 is 1.85 bits per heavy atom. The third-order valence-corrected chi connectivity index (χ3v) is 4.18. The summed E-state index contributed by atoms with van der Waals surface area (Å²) in [6.45, 7) is 2.61. The van der Waals surface area contributed by atoms with E-state index in [1.807, 2.05) is 6.92 Å². The van der Waals surface area contributed by atoms with Gasteiger partial charge in [0.25, 0.3) is 5.91 Å². The Hall–Kier alpha value is -2.24. The molecule has 0 spiro atoms. The Morgan fingerprint density at radius 1 is 1.15 bits per heavy atom. The Labute approximate surface area is 161 Å². The van der Waals surface area contributed by atoms with Crippen LogP contribution in [-0.4, -0.2) is 23.6 Å². The van der Waals surface area contributed by atoms with Gasteiger partial charge in [0.15, 0.2) is 0 Å². The second-order valence-electron chi connectivity index (χ2n) is 5.67. The molecule has 0 bridgehead atoms. The number of amides is 1. The molecule has 5 nitrogen and oxygen atoms in total. The fourth-order valence-corrected chi connectivity index (χ4v) is 2.73. The van der Waals surface area contributed by atoms with Crippen molar-refractivity contribution < 1.29 is 19.4 Å². The topological polar surface area (TPSA) is 75.6 Å². The van der Waals surface area contributed by atoms with Crippen molar-refractivity contribution >= 4 is 35.1 Å². The number of carboxylic acid groups (broad SMARTS) is 1. The van der Waals surface area contributed by atoms with Crippen LogP contribution in [0.4, 0.5) is 0 Å². The summed E-state index contributed by atoms with van der Waals surface area (Å²) >= 11 is 12.0. The minimum Gasteiger partial charge on any atom is -0.494 e. The number of ether oxygens (including phenoxy) is 1. The number of hydrogen-bond acceptors (Lipinski definition) is 3. The largest absolute Gasteiger partial charge is 0.494 e. The predicted molar refractivity (Wildman–Crippen MR) is 101 cm³/mol. The summed E-state index contributed by atoms with van der Waals surface area (Å²) in [5, 5.41) is 12.5. The number of halogens is 2. The zero-order valence-corrected chi connectivity index (χ0v) is 15.7. The molecule has 2 N–H and O–H groups in total. The van der Waals surface area contributed by atoms with Gasteiger partial charge >= 0.3 is 5.97 Å². The molecular weight excluding hydrogens is 377 g/mol. The summed E-state index contributed by atoms with van der Waals surface area (Å²) in [4.78, 5) is 23.7. The van der Waals surface area contributed by atoms with Gasteiger partial charge in [0.2, 0.25) is 0 Å². The molecule has 2 rings (SSSR count). The lowest BCUT2D eigenvalue weighted by Gasteiger charge is -2.18. The average Bonchev–Trinajstić information content (AvgIpc) is 2.61. The van der Waals surface area contributed by atoms with Gasteiger partial charge in [-0.1, -0.05) is 42.3 Å². The zero-order chi connectivity index (χ0) is 19.1. The van der Waals surface area contributed by atoms with Crippen molar-refractivity contribution in [3.8, 4) is 5.75 Å². The highest BCUT2D eigenvalue weighted by molar-refractivity contribution is 6.35. The summed E-state index contributed by atoms with van der Waals surface area (Å²) < 4.78 is 5.51. The monoisotopic (exact) mass is 395 g/mol. The summed E-state index contributed by atoms with van der Waals surface area (Å²) in [5.74, 6) is -0.831. The maximum absolute atomic E-state index is 12.5. The molecule has 0 aliphatic rings. The van der Waals surface area contributed by atoms with Gasteiger partial charge in [-0.3, -0.25) is 9.59 Å². The van der Waals surface area contributed by atoms with Crippen LogP contribution in [0.2, 0.25) is 10.0 Å². The maximum Gasteiger partial charge on any atom is 0.305 e. The normalized spacial score (nSPS) is 11.7. The second-order valence-corrected chi connectivity index (χ2v) is 6.51. The highest BCUT2D eigenvalue weighted by Crippen LogP contribution is 2.24. The molecule has 26 heavy (non-hydrogen) atoms. The molecule has 0 saturated carbocycles. The molecular formula is C19H19Cl2NO4. The highest BCUT2D eigenvalue weighted by Gasteiger charge is 2.20. The van der Waals surface area contributed by atoms with Crippen molar-refractivity contribution in [3.63, 3.8) is 0 Å². The van der Waals surface area contributed by atoms with E-state index in [0.717, 1.165) is 6.42 Å². The lowest BCUT2D eigenvalue weighted by molar-refractivity contribution is -0.137. The Bertz CT molecular complexity index is 778. The fourth-order valence-electron chi connectivity index (χ4n) is 2.35. The maximum atomic E-state index is 12.5. The third-order valence-electron chi connectivity index (χ3n) is 3.61. The van der Waals surface area contributed by atoms with Crippen molar-refractivity contribution in [3.05, 3.63) is 63.6 Å². The third kappa shape index (κ3) is 5.64. The number of rotatable bonds is 8. The van der Waals surface area contributed by atoms with Crippen LogP contribution in [0.15, 0.2) is 42.5 Å². The van der Waals surface area contributed by atoms with Gasteiger partial charge in [0.05, 0.1) is 29.7 Å². The van der Waals surface area contributed by atoms with E-state index in [4.69, 9.17) is 27.9 Å². The fraction of sp³-hybridized carbons (Fsp3) is 0.263. The van der Waals surface area contributed by atoms with E-state index in [9.17, 15) is 14.7 Å². The lowest BCUT2D eigenvalue weighted by atomic mass is 10.0. The molecule has 1 amide bonds. The van der Waals surface area contributed by atoms with E-state index >= 15 is 0 Å². The summed E-state index contributed by atoms with van der Waals surface area (Å²) in [7, 11) is 0. The molecule has 1 atom stereocenters. The number of nitrogens with one attached hydrogen (secondary N) is 1. The molecule has 138 valence electrons. The van der Waals surface area contributed by atoms with Gasteiger partial charge in [-0.15, -0.1) is 0 Å². The summed E-state index contributed by atoms with van der Waals surface area (Å²) in [6.07, 6.45) is 0.624. The standard InChI is InChI=1S/C19H19Cl2NO4/c1-2-9-26-14-6-3-12(4-7-14)17(11-18(23)24)22-19(25)15-10-13(20)5-8-16(15)21/h3-8,10,17H,2,9,11H2,1H3,(H,22,25)(H,23,24)/t17-/m1/s1. The van der Waals surface area contributed by atoms with Crippen molar-refractivity contribution in [1.82, 2.24) is 5.32 Å². The van der Waals surface area contributed by atoms with Crippen LogP contribution in [0.1, 0.15) is 41.7 Å². The van der Waals surface area contributed by atoms with E-state index in [-0.39, 0.29) is 17.0 Å². The molecule has 0 unspecified atom stereocenters. The molecule has 0 fully saturated rings. The smallest absolute Gasteiger partial charge is 0.305 e. The highest BCUT2D eigenvalue weighted by atomic mass is 35.5. The number of benzene rings is 2. The number of carboxylic acids is 1. The first-order valence-electron chi connectivity index (χ1n) is 8.11. The first-order valence-corrected chi connectivity index (χ1v) is 8.86. The second kappa shape index (κ2) is 9.46. The van der Waals surface area contributed by atoms with Gasteiger partial charge in [0, 0.05) is 5.02 Å². The Kier molecular flexibility index (Phi) is 7.30. The minimum atomic E-state index is -1.03. The molecule has 0 aliphatic heterocycles. The van der Waals surface area contributed by atoms with Crippen LogP contribution < -0.4 is 10.1 Å². The summed E-state index contributed by atoms with van der Waals surface area (Å²) in [5.41, 5.74) is 0.847. The van der Waals surface area contributed by atoms with Crippen LogP contribution >= 0.6 is 23.2 Å². The number of carbonyl (C=O) groups excluding carboxylic acids is 1. The van der Waals surface area contributed by atoms with Crippen LogP contribution in [0.25, 0.3) is 0 Å². The summed E-state index contributed by atoms with van der Waals surface area (Å²) in [6, 6.07) is 10.8. The first kappa shape index (κ1) is 20.1. The Balaban J connectivity index is 2.20. The minimum absolute atomic E-state index is 0.192. The van der Waals surface area contributed by atoms with E-state index in [0.29, 0.717) is 22.9 Å². The van der Waals surface area contributed by atoms with E-state index in [1.165, 1.54) is 12.1 Å². The first-order chi connectivity index (χ1) is 12.4. The quantitative estimate of drug-likeness (QED) is 0.677. The van der Waals surface area contributed by atoms with Crippen molar-refractivity contribution in [2.24, 2.45) is 0 Å². The van der Waals surface area contributed by atoms with Crippen LogP contribution in [0.5, 0.6) is 5.75 Å². The predicted octanol–water partition coefficient (Wildman–Crippen LogP) is 4.73. The Morgan fingerprint density at radius 3 is 2.46 bits per heavy atom. The van der Waals surface area contributed by atoms with E-state index in [1.54, 1.807) is 30.3 Å². The molecule has 2 aromatic carbocycles. The van der Waals surface area contributed by atoms with Crippen LogP contribution in [0, 0.1) is 0 Å².